The molecule has 1 aromatic rings. The van der Waals surface area contributed by atoms with E-state index in [9.17, 15) is 4.79 Å². The van der Waals surface area contributed by atoms with Crippen LogP contribution < -0.4 is 11.1 Å². The van der Waals surface area contributed by atoms with Gasteiger partial charge < -0.3 is 11.1 Å². The Balaban J connectivity index is 2.23. The molecule has 1 amide bonds. The predicted octanol–water partition coefficient (Wildman–Crippen LogP) is 1.27. The summed E-state index contributed by atoms with van der Waals surface area (Å²) in [4.78, 5) is 16.7. The van der Waals surface area contributed by atoms with E-state index >= 15 is 0 Å². The molecule has 0 spiro atoms. The minimum atomic E-state index is -0.0466. The number of rotatable bonds is 4. The number of piperazine rings is 1. The van der Waals surface area contributed by atoms with Crippen molar-refractivity contribution in [1.29, 1.82) is 0 Å². The Morgan fingerprint density at radius 1 is 1.61 bits per heavy atom. The van der Waals surface area contributed by atoms with Crippen LogP contribution in [0.4, 0.5) is 0 Å². The van der Waals surface area contributed by atoms with E-state index in [2.05, 4.69) is 36.2 Å². The van der Waals surface area contributed by atoms with Crippen LogP contribution in [0, 0.1) is 6.92 Å². The van der Waals surface area contributed by atoms with Crippen molar-refractivity contribution in [3.8, 4) is 0 Å². The number of nitrogens with two attached hydrogens (primary N) is 1. The Bertz CT molecular complexity index is 418. The highest BCUT2D eigenvalue weighted by atomic mass is 32.1. The first kappa shape index (κ1) is 13.5. The van der Waals surface area contributed by atoms with Crippen LogP contribution in [0.25, 0.3) is 0 Å². The molecule has 1 saturated heterocycles. The van der Waals surface area contributed by atoms with Gasteiger partial charge in [0.05, 0.1) is 12.1 Å². The van der Waals surface area contributed by atoms with Gasteiger partial charge in [0.15, 0.2) is 0 Å². The smallest absolute Gasteiger partial charge is 0.237 e. The van der Waals surface area contributed by atoms with Crippen molar-refractivity contribution in [2.24, 2.45) is 5.73 Å². The number of amides is 1. The highest BCUT2D eigenvalue weighted by Crippen LogP contribution is 2.29. The Hall–Kier alpha value is -0.910. The van der Waals surface area contributed by atoms with Gasteiger partial charge in [-0.05, 0) is 25.5 Å². The van der Waals surface area contributed by atoms with Crippen LogP contribution in [-0.2, 0) is 4.79 Å². The standard InChI is InChI=1S/C13H21N3OS/c1-3-10-13(17)15-6-7-16(10)11(8-14)12-5-4-9(2)18-12/h4-5,10-11H,3,6-8,14H2,1-2H3,(H,15,17). The first-order chi connectivity index (χ1) is 8.67. The van der Waals surface area contributed by atoms with Crippen molar-refractivity contribution in [1.82, 2.24) is 10.2 Å². The molecule has 1 aliphatic heterocycles. The Labute approximate surface area is 112 Å². The SMILES string of the molecule is CCC1C(=O)NCCN1C(CN)c1ccc(C)s1. The molecule has 4 nitrogen and oxygen atoms in total. The van der Waals surface area contributed by atoms with Crippen molar-refractivity contribution < 1.29 is 4.79 Å². The lowest BCUT2D eigenvalue weighted by Crippen LogP contribution is -2.56. The molecule has 18 heavy (non-hydrogen) atoms. The van der Waals surface area contributed by atoms with E-state index in [4.69, 9.17) is 5.73 Å². The summed E-state index contributed by atoms with van der Waals surface area (Å²) in [5.41, 5.74) is 5.94. The quantitative estimate of drug-likeness (QED) is 0.863. The molecular weight excluding hydrogens is 246 g/mol. The van der Waals surface area contributed by atoms with Gasteiger partial charge >= 0.3 is 0 Å². The first-order valence-electron chi connectivity index (χ1n) is 6.47. The summed E-state index contributed by atoms with van der Waals surface area (Å²) in [6.45, 7) is 6.31. The molecule has 1 aromatic heterocycles. The molecule has 0 aliphatic carbocycles. The fourth-order valence-corrected chi connectivity index (χ4v) is 3.58. The highest BCUT2D eigenvalue weighted by Gasteiger charge is 2.33. The molecule has 3 N–H and O–H groups in total. The Morgan fingerprint density at radius 2 is 2.39 bits per heavy atom. The van der Waals surface area contributed by atoms with E-state index in [1.54, 1.807) is 11.3 Å². The zero-order valence-electron chi connectivity index (χ0n) is 11.0. The molecule has 0 saturated carbocycles. The highest BCUT2D eigenvalue weighted by molar-refractivity contribution is 7.12. The van der Waals surface area contributed by atoms with Crippen molar-refractivity contribution in [2.45, 2.75) is 32.4 Å². The zero-order valence-corrected chi connectivity index (χ0v) is 11.8. The van der Waals surface area contributed by atoms with E-state index in [1.807, 2.05) is 0 Å². The topological polar surface area (TPSA) is 58.4 Å². The number of nitrogens with zero attached hydrogens (tertiary/aromatic N) is 1. The summed E-state index contributed by atoms with van der Waals surface area (Å²) in [6, 6.07) is 4.37. The maximum atomic E-state index is 11.9. The molecule has 2 unspecified atom stereocenters. The van der Waals surface area contributed by atoms with Crippen molar-refractivity contribution in [2.75, 3.05) is 19.6 Å². The third-order valence-electron chi connectivity index (χ3n) is 3.47. The second-order valence-electron chi connectivity index (χ2n) is 4.65. The van der Waals surface area contributed by atoms with Gasteiger partial charge in [-0.3, -0.25) is 9.69 Å². The van der Waals surface area contributed by atoms with Crippen molar-refractivity contribution in [3.05, 3.63) is 21.9 Å². The maximum Gasteiger partial charge on any atom is 0.237 e. The van der Waals surface area contributed by atoms with Crippen LogP contribution in [0.2, 0.25) is 0 Å². The maximum absolute atomic E-state index is 11.9. The van der Waals surface area contributed by atoms with Crippen LogP contribution in [0.3, 0.4) is 0 Å². The number of hydrogen-bond acceptors (Lipinski definition) is 4. The second kappa shape index (κ2) is 5.82. The second-order valence-corrected chi connectivity index (χ2v) is 5.97. The third kappa shape index (κ3) is 2.58. The summed E-state index contributed by atoms with van der Waals surface area (Å²) in [5.74, 6) is 0.135. The van der Waals surface area contributed by atoms with Gasteiger partial charge in [0.2, 0.25) is 5.91 Å². The molecular formula is C13H21N3OS. The van der Waals surface area contributed by atoms with Crippen LogP contribution in [0.1, 0.15) is 29.1 Å². The number of nitrogens with one attached hydrogen (secondary N) is 1. The summed E-state index contributed by atoms with van der Waals surface area (Å²) < 4.78 is 0. The molecule has 2 atom stereocenters. The number of carbonyl (C=O) groups excluding carboxylic acids is 1. The molecule has 2 heterocycles. The van der Waals surface area contributed by atoms with E-state index in [0.717, 1.165) is 19.5 Å². The fourth-order valence-electron chi connectivity index (χ4n) is 2.57. The molecule has 100 valence electrons. The lowest BCUT2D eigenvalue weighted by atomic mass is 10.1. The molecule has 2 rings (SSSR count). The van der Waals surface area contributed by atoms with Gasteiger partial charge in [-0.1, -0.05) is 6.92 Å². The summed E-state index contributed by atoms with van der Waals surface area (Å²) in [5, 5.41) is 2.93. The normalized spacial score (nSPS) is 22.8. The lowest BCUT2D eigenvalue weighted by molar-refractivity contribution is -0.130. The monoisotopic (exact) mass is 267 g/mol. The number of carbonyl (C=O) groups is 1. The van der Waals surface area contributed by atoms with E-state index in [-0.39, 0.29) is 18.0 Å². The van der Waals surface area contributed by atoms with Gasteiger partial charge in [-0.15, -0.1) is 11.3 Å². The van der Waals surface area contributed by atoms with E-state index in [1.165, 1.54) is 9.75 Å². The molecule has 1 fully saturated rings. The summed E-state index contributed by atoms with van der Waals surface area (Å²) in [7, 11) is 0. The van der Waals surface area contributed by atoms with Gasteiger partial charge in [0.25, 0.3) is 0 Å². The Morgan fingerprint density at radius 3 is 2.94 bits per heavy atom. The minimum Gasteiger partial charge on any atom is -0.353 e. The molecule has 1 aliphatic rings. The minimum absolute atomic E-state index is 0.0466. The zero-order chi connectivity index (χ0) is 13.1. The van der Waals surface area contributed by atoms with Crippen LogP contribution in [-0.4, -0.2) is 36.5 Å². The third-order valence-corrected chi connectivity index (χ3v) is 4.57. The van der Waals surface area contributed by atoms with Gasteiger partial charge in [-0.2, -0.15) is 0 Å². The lowest BCUT2D eigenvalue weighted by Gasteiger charge is -2.39. The fraction of sp³-hybridized carbons (Fsp3) is 0.615. The van der Waals surface area contributed by atoms with Crippen molar-refractivity contribution in [3.63, 3.8) is 0 Å². The van der Waals surface area contributed by atoms with Crippen molar-refractivity contribution >= 4 is 17.2 Å². The van der Waals surface area contributed by atoms with Crippen LogP contribution in [0.15, 0.2) is 12.1 Å². The molecule has 0 bridgehead atoms. The molecule has 0 radical (unpaired) electrons. The van der Waals surface area contributed by atoms with E-state index < -0.39 is 0 Å². The summed E-state index contributed by atoms with van der Waals surface area (Å²) in [6.07, 6.45) is 0.826. The number of thiophene rings is 1. The number of hydrogen-bond donors (Lipinski definition) is 2. The first-order valence-corrected chi connectivity index (χ1v) is 7.28. The average Bonchev–Trinajstić information content (AvgIpc) is 2.77. The van der Waals surface area contributed by atoms with Crippen LogP contribution >= 0.6 is 11.3 Å². The van der Waals surface area contributed by atoms with Gasteiger partial charge in [0, 0.05) is 29.4 Å². The number of aryl methyl sites for hydroxylation is 1. The largest absolute Gasteiger partial charge is 0.353 e. The predicted molar refractivity (Wildman–Crippen MR) is 74.6 cm³/mol. The Kier molecular flexibility index (Phi) is 4.37. The van der Waals surface area contributed by atoms with Crippen LogP contribution in [0.5, 0.6) is 0 Å². The average molecular weight is 267 g/mol. The van der Waals surface area contributed by atoms with Gasteiger partial charge in [-0.25, -0.2) is 0 Å². The van der Waals surface area contributed by atoms with Gasteiger partial charge in [0.1, 0.15) is 0 Å². The summed E-state index contributed by atoms with van der Waals surface area (Å²) >= 11 is 1.77. The van der Waals surface area contributed by atoms with E-state index in [0.29, 0.717) is 6.54 Å². The molecule has 5 heteroatoms. The molecule has 0 aromatic carbocycles.